The molecule has 1 N–H and O–H groups in total. The SMILES string of the molecule is CCNC(=NCC(CC)CC)N1CC(C)C(C(=O)OC)C1.I. The molecule has 6 heteroatoms. The first-order valence-electron chi connectivity index (χ1n) is 8.18. The van der Waals surface area contributed by atoms with E-state index < -0.39 is 0 Å². The van der Waals surface area contributed by atoms with Crippen LogP contribution < -0.4 is 5.32 Å². The minimum absolute atomic E-state index is 0. The molecule has 0 bridgehead atoms. The highest BCUT2D eigenvalue weighted by molar-refractivity contribution is 14.0. The fraction of sp³-hybridized carbons (Fsp3) is 0.875. The van der Waals surface area contributed by atoms with Gasteiger partial charge in [-0.2, -0.15) is 0 Å². The summed E-state index contributed by atoms with van der Waals surface area (Å²) in [5.74, 6) is 1.71. The number of carbonyl (C=O) groups excluding carboxylic acids is 1. The van der Waals surface area contributed by atoms with Crippen LogP contribution in [0.2, 0.25) is 0 Å². The van der Waals surface area contributed by atoms with Crippen molar-refractivity contribution in [1.82, 2.24) is 10.2 Å². The van der Waals surface area contributed by atoms with Gasteiger partial charge in [-0.25, -0.2) is 0 Å². The van der Waals surface area contributed by atoms with E-state index in [-0.39, 0.29) is 35.9 Å². The topological polar surface area (TPSA) is 53.9 Å². The molecule has 1 saturated heterocycles. The number of hydrogen-bond acceptors (Lipinski definition) is 3. The van der Waals surface area contributed by atoms with Crippen LogP contribution in [0.1, 0.15) is 40.5 Å². The Bertz CT molecular complexity index is 359. The molecule has 1 rings (SSSR count). The first kappa shape index (κ1) is 21.5. The molecule has 0 aromatic carbocycles. The van der Waals surface area contributed by atoms with Gasteiger partial charge in [0, 0.05) is 26.2 Å². The van der Waals surface area contributed by atoms with E-state index in [9.17, 15) is 4.79 Å². The van der Waals surface area contributed by atoms with Crippen molar-refractivity contribution in [2.24, 2.45) is 22.7 Å². The van der Waals surface area contributed by atoms with Crippen molar-refractivity contribution in [1.29, 1.82) is 0 Å². The Morgan fingerprint density at radius 2 is 1.95 bits per heavy atom. The summed E-state index contributed by atoms with van der Waals surface area (Å²) in [6.07, 6.45) is 2.31. The lowest BCUT2D eigenvalue weighted by Gasteiger charge is -2.22. The third kappa shape index (κ3) is 5.93. The molecule has 5 nitrogen and oxygen atoms in total. The molecule has 1 aliphatic heterocycles. The number of rotatable bonds is 6. The van der Waals surface area contributed by atoms with Gasteiger partial charge in [-0.05, 0) is 18.8 Å². The van der Waals surface area contributed by atoms with Crippen LogP contribution in [-0.2, 0) is 9.53 Å². The Kier molecular flexibility index (Phi) is 10.8. The van der Waals surface area contributed by atoms with Crippen molar-refractivity contribution in [3.63, 3.8) is 0 Å². The van der Waals surface area contributed by atoms with Gasteiger partial charge in [-0.3, -0.25) is 9.79 Å². The number of aliphatic imine (C=N–C) groups is 1. The number of nitrogens with zero attached hydrogens (tertiary/aromatic N) is 2. The normalized spacial score (nSPS) is 21.7. The molecule has 0 aromatic heterocycles. The summed E-state index contributed by atoms with van der Waals surface area (Å²) in [5, 5.41) is 3.35. The molecule has 130 valence electrons. The Morgan fingerprint density at radius 3 is 2.45 bits per heavy atom. The van der Waals surface area contributed by atoms with Gasteiger partial charge in [0.2, 0.25) is 0 Å². The Labute approximate surface area is 152 Å². The standard InChI is InChI=1S/C16H31N3O2.HI/c1-6-13(7-2)9-18-16(17-8-3)19-10-12(4)14(11-19)15(20)21-5;/h12-14H,6-11H2,1-5H3,(H,17,18);1H. The van der Waals surface area contributed by atoms with E-state index in [1.807, 2.05) is 0 Å². The summed E-state index contributed by atoms with van der Waals surface area (Å²) in [6.45, 7) is 11.8. The molecular formula is C16H32IN3O2. The van der Waals surface area contributed by atoms with Crippen molar-refractivity contribution in [2.45, 2.75) is 40.5 Å². The number of nitrogens with one attached hydrogen (secondary N) is 1. The van der Waals surface area contributed by atoms with Crippen LogP contribution in [0.3, 0.4) is 0 Å². The second-order valence-corrected chi connectivity index (χ2v) is 5.89. The first-order chi connectivity index (χ1) is 10.1. The van der Waals surface area contributed by atoms with Crippen molar-refractivity contribution in [3.8, 4) is 0 Å². The summed E-state index contributed by atoms with van der Waals surface area (Å²) < 4.78 is 4.90. The zero-order valence-electron chi connectivity index (χ0n) is 14.6. The van der Waals surface area contributed by atoms with E-state index in [1.54, 1.807) is 0 Å². The third-order valence-corrected chi connectivity index (χ3v) is 4.40. The summed E-state index contributed by atoms with van der Waals surface area (Å²) >= 11 is 0. The zero-order chi connectivity index (χ0) is 15.8. The van der Waals surface area contributed by atoms with Crippen molar-refractivity contribution in [2.75, 3.05) is 33.3 Å². The predicted molar refractivity (Wildman–Crippen MR) is 102 cm³/mol. The summed E-state index contributed by atoms with van der Waals surface area (Å²) in [6, 6.07) is 0. The molecule has 0 aliphatic carbocycles. The van der Waals surface area contributed by atoms with Gasteiger partial charge in [0.15, 0.2) is 5.96 Å². The molecule has 2 unspecified atom stereocenters. The van der Waals surface area contributed by atoms with Crippen molar-refractivity contribution < 1.29 is 9.53 Å². The van der Waals surface area contributed by atoms with Crippen molar-refractivity contribution >= 4 is 35.9 Å². The van der Waals surface area contributed by atoms with E-state index in [0.29, 0.717) is 18.4 Å². The van der Waals surface area contributed by atoms with Crippen molar-refractivity contribution in [3.05, 3.63) is 0 Å². The maximum absolute atomic E-state index is 11.8. The molecule has 22 heavy (non-hydrogen) atoms. The van der Waals surface area contributed by atoms with Gasteiger partial charge in [0.05, 0.1) is 13.0 Å². The number of ether oxygens (including phenoxy) is 1. The number of halogens is 1. The molecule has 1 heterocycles. The number of hydrogen-bond donors (Lipinski definition) is 1. The van der Waals surface area contributed by atoms with E-state index in [4.69, 9.17) is 9.73 Å². The van der Waals surface area contributed by atoms with Gasteiger partial charge in [-0.15, -0.1) is 24.0 Å². The van der Waals surface area contributed by atoms with Crippen LogP contribution in [0.5, 0.6) is 0 Å². The first-order valence-corrected chi connectivity index (χ1v) is 8.18. The third-order valence-electron chi connectivity index (χ3n) is 4.40. The fourth-order valence-electron chi connectivity index (χ4n) is 2.79. The molecule has 0 spiro atoms. The van der Waals surface area contributed by atoms with Gasteiger partial charge >= 0.3 is 5.97 Å². The van der Waals surface area contributed by atoms with E-state index >= 15 is 0 Å². The minimum Gasteiger partial charge on any atom is -0.469 e. The maximum atomic E-state index is 11.8. The summed E-state index contributed by atoms with van der Waals surface area (Å²) in [7, 11) is 1.46. The number of carbonyl (C=O) groups is 1. The number of methoxy groups -OCH3 is 1. The monoisotopic (exact) mass is 425 g/mol. The fourth-order valence-corrected chi connectivity index (χ4v) is 2.79. The highest BCUT2D eigenvalue weighted by Gasteiger charge is 2.36. The minimum atomic E-state index is -0.110. The maximum Gasteiger partial charge on any atom is 0.310 e. The second kappa shape index (κ2) is 11.1. The average molecular weight is 425 g/mol. The molecule has 0 radical (unpaired) electrons. The molecule has 1 fully saturated rings. The Hall–Kier alpha value is -0.530. The molecule has 0 aromatic rings. The molecule has 0 amide bonds. The second-order valence-electron chi connectivity index (χ2n) is 5.89. The average Bonchev–Trinajstić information content (AvgIpc) is 2.88. The Morgan fingerprint density at radius 1 is 1.32 bits per heavy atom. The van der Waals surface area contributed by atoms with E-state index in [1.165, 1.54) is 7.11 Å². The lowest BCUT2D eigenvalue weighted by molar-refractivity contribution is -0.145. The summed E-state index contributed by atoms with van der Waals surface area (Å²) in [5.41, 5.74) is 0. The van der Waals surface area contributed by atoms with Crippen LogP contribution in [0, 0.1) is 17.8 Å². The van der Waals surface area contributed by atoms with E-state index in [0.717, 1.165) is 38.4 Å². The van der Waals surface area contributed by atoms with Crippen LogP contribution in [0.4, 0.5) is 0 Å². The van der Waals surface area contributed by atoms with Crippen LogP contribution >= 0.6 is 24.0 Å². The number of esters is 1. The largest absolute Gasteiger partial charge is 0.469 e. The number of guanidine groups is 1. The molecule has 1 aliphatic rings. The highest BCUT2D eigenvalue weighted by atomic mass is 127. The lowest BCUT2D eigenvalue weighted by Crippen LogP contribution is -2.41. The van der Waals surface area contributed by atoms with Gasteiger partial charge < -0.3 is 15.0 Å². The smallest absolute Gasteiger partial charge is 0.310 e. The van der Waals surface area contributed by atoms with Gasteiger partial charge in [0.25, 0.3) is 0 Å². The predicted octanol–water partition coefficient (Wildman–Crippen LogP) is 2.75. The number of likely N-dealkylation sites (tertiary alicyclic amines) is 1. The van der Waals surface area contributed by atoms with Crippen LogP contribution in [-0.4, -0.2) is 50.1 Å². The molecule has 2 atom stereocenters. The quantitative estimate of drug-likeness (QED) is 0.308. The van der Waals surface area contributed by atoms with Gasteiger partial charge in [-0.1, -0.05) is 33.6 Å². The van der Waals surface area contributed by atoms with E-state index in [2.05, 4.69) is 37.9 Å². The zero-order valence-corrected chi connectivity index (χ0v) is 16.9. The van der Waals surface area contributed by atoms with Gasteiger partial charge in [0.1, 0.15) is 0 Å². The molecule has 0 saturated carbocycles. The highest BCUT2D eigenvalue weighted by Crippen LogP contribution is 2.24. The molecular weight excluding hydrogens is 393 g/mol. The van der Waals surface area contributed by atoms with Crippen LogP contribution in [0.15, 0.2) is 4.99 Å². The van der Waals surface area contributed by atoms with Crippen LogP contribution in [0.25, 0.3) is 0 Å². The summed E-state index contributed by atoms with van der Waals surface area (Å²) in [4.78, 5) is 18.8. The lowest BCUT2D eigenvalue weighted by atomic mass is 9.99. The Balaban J connectivity index is 0.00000441.